The second-order valence-electron chi connectivity index (χ2n) is 4.19. The van der Waals surface area contributed by atoms with Gasteiger partial charge in [-0.05, 0) is 24.3 Å². The molecule has 0 aromatic heterocycles. The van der Waals surface area contributed by atoms with Crippen LogP contribution in [0.2, 0.25) is 0 Å². The molecular weight excluding hydrogens is 146 g/mol. The summed E-state index contributed by atoms with van der Waals surface area (Å²) < 4.78 is 0. The van der Waals surface area contributed by atoms with Crippen molar-refractivity contribution in [2.45, 2.75) is 40.7 Å². The Hall–Kier alpha value is -0.590. The third-order valence-electron chi connectivity index (χ3n) is 2.23. The first-order valence-corrected chi connectivity index (χ1v) is 4.82. The van der Waals surface area contributed by atoms with Gasteiger partial charge in [0.2, 0.25) is 0 Å². The van der Waals surface area contributed by atoms with Gasteiger partial charge in [-0.2, -0.15) is 0 Å². The summed E-state index contributed by atoms with van der Waals surface area (Å²) in [5, 5.41) is 0. The SMILES string of the molecule is CC1C=C(C(C)C)C(C(C)C)=N1. The van der Waals surface area contributed by atoms with E-state index in [0.29, 0.717) is 17.9 Å². The van der Waals surface area contributed by atoms with Crippen molar-refractivity contribution in [1.82, 2.24) is 0 Å². The van der Waals surface area contributed by atoms with Crippen LogP contribution in [0.15, 0.2) is 16.6 Å². The monoisotopic (exact) mass is 165 g/mol. The molecule has 1 heterocycles. The third kappa shape index (κ3) is 1.77. The lowest BCUT2D eigenvalue weighted by Gasteiger charge is -2.12. The summed E-state index contributed by atoms with van der Waals surface area (Å²) in [5.74, 6) is 1.19. The van der Waals surface area contributed by atoms with Gasteiger partial charge in [0.1, 0.15) is 0 Å². The van der Waals surface area contributed by atoms with Crippen LogP contribution in [0.5, 0.6) is 0 Å². The third-order valence-corrected chi connectivity index (χ3v) is 2.23. The van der Waals surface area contributed by atoms with Crippen molar-refractivity contribution in [3.05, 3.63) is 11.6 Å². The summed E-state index contributed by atoms with van der Waals surface area (Å²) in [7, 11) is 0. The molecule has 1 atom stereocenters. The predicted octanol–water partition coefficient (Wildman–Crippen LogP) is 3.07. The Balaban J connectivity index is 2.87. The van der Waals surface area contributed by atoms with Gasteiger partial charge in [0.15, 0.2) is 0 Å². The van der Waals surface area contributed by atoms with Crippen LogP contribution < -0.4 is 0 Å². The van der Waals surface area contributed by atoms with Crippen molar-refractivity contribution in [3.8, 4) is 0 Å². The zero-order valence-electron chi connectivity index (χ0n) is 8.76. The van der Waals surface area contributed by atoms with Crippen molar-refractivity contribution in [3.63, 3.8) is 0 Å². The molecule has 0 aliphatic carbocycles. The van der Waals surface area contributed by atoms with Crippen LogP contribution in [-0.2, 0) is 0 Å². The van der Waals surface area contributed by atoms with E-state index in [1.165, 1.54) is 11.3 Å². The summed E-state index contributed by atoms with van der Waals surface area (Å²) in [5.41, 5.74) is 2.77. The van der Waals surface area contributed by atoms with E-state index in [-0.39, 0.29) is 0 Å². The van der Waals surface area contributed by atoms with Crippen LogP contribution >= 0.6 is 0 Å². The predicted molar refractivity (Wildman–Crippen MR) is 54.7 cm³/mol. The summed E-state index contributed by atoms with van der Waals surface area (Å²) >= 11 is 0. The van der Waals surface area contributed by atoms with Crippen molar-refractivity contribution < 1.29 is 0 Å². The Morgan fingerprint density at radius 1 is 1.17 bits per heavy atom. The fraction of sp³-hybridized carbons (Fsp3) is 0.727. The largest absolute Gasteiger partial charge is 0.282 e. The molecule has 0 saturated heterocycles. The molecule has 1 rings (SSSR count). The van der Waals surface area contributed by atoms with Gasteiger partial charge >= 0.3 is 0 Å². The molecule has 0 radical (unpaired) electrons. The average Bonchev–Trinajstić information content (AvgIpc) is 2.31. The lowest BCUT2D eigenvalue weighted by atomic mass is 9.92. The molecule has 0 spiro atoms. The lowest BCUT2D eigenvalue weighted by Crippen LogP contribution is -2.12. The maximum absolute atomic E-state index is 4.61. The quantitative estimate of drug-likeness (QED) is 0.596. The Bertz CT molecular complexity index is 197. The van der Waals surface area contributed by atoms with E-state index < -0.39 is 0 Å². The zero-order chi connectivity index (χ0) is 9.30. The van der Waals surface area contributed by atoms with E-state index in [1.54, 1.807) is 0 Å². The highest BCUT2D eigenvalue weighted by Gasteiger charge is 2.20. The molecule has 68 valence electrons. The van der Waals surface area contributed by atoms with Crippen molar-refractivity contribution >= 4 is 5.71 Å². The molecule has 1 aliphatic rings. The smallest absolute Gasteiger partial charge is 0.0661 e. The maximum atomic E-state index is 4.61. The molecule has 1 heteroatoms. The van der Waals surface area contributed by atoms with E-state index in [4.69, 9.17) is 0 Å². The van der Waals surface area contributed by atoms with Crippen molar-refractivity contribution in [2.75, 3.05) is 0 Å². The van der Waals surface area contributed by atoms with Crippen LogP contribution in [0.1, 0.15) is 34.6 Å². The first kappa shape index (κ1) is 9.50. The molecule has 0 aromatic rings. The molecule has 0 amide bonds. The van der Waals surface area contributed by atoms with Gasteiger partial charge in [0, 0.05) is 5.71 Å². The normalized spacial score (nSPS) is 23.4. The fourth-order valence-electron chi connectivity index (χ4n) is 1.65. The highest BCUT2D eigenvalue weighted by atomic mass is 14.8. The van der Waals surface area contributed by atoms with Gasteiger partial charge in [-0.1, -0.05) is 33.8 Å². The second kappa shape index (κ2) is 3.42. The molecule has 1 nitrogen and oxygen atoms in total. The molecular formula is C11H19N. The van der Waals surface area contributed by atoms with Gasteiger partial charge in [-0.25, -0.2) is 0 Å². The van der Waals surface area contributed by atoms with Crippen LogP contribution in [-0.4, -0.2) is 11.8 Å². The van der Waals surface area contributed by atoms with E-state index in [2.05, 4.69) is 45.7 Å². The number of rotatable bonds is 2. The van der Waals surface area contributed by atoms with Gasteiger partial charge in [0.25, 0.3) is 0 Å². The van der Waals surface area contributed by atoms with Crippen molar-refractivity contribution in [1.29, 1.82) is 0 Å². The highest BCUT2D eigenvalue weighted by Crippen LogP contribution is 2.24. The topological polar surface area (TPSA) is 12.4 Å². The van der Waals surface area contributed by atoms with Gasteiger partial charge in [-0.15, -0.1) is 0 Å². The first-order valence-electron chi connectivity index (χ1n) is 4.82. The minimum absolute atomic E-state index is 0.403. The standard InChI is InChI=1S/C11H19N/c1-7(2)10-6-9(5)12-11(10)8(3)4/h6-9H,1-5H3. The number of hydrogen-bond acceptors (Lipinski definition) is 1. The lowest BCUT2D eigenvalue weighted by molar-refractivity contribution is 0.780. The van der Waals surface area contributed by atoms with E-state index >= 15 is 0 Å². The molecule has 1 unspecified atom stereocenters. The Morgan fingerprint density at radius 2 is 1.75 bits per heavy atom. The van der Waals surface area contributed by atoms with E-state index in [1.807, 2.05) is 0 Å². The summed E-state index contributed by atoms with van der Waals surface area (Å²) in [6.45, 7) is 11.1. The Morgan fingerprint density at radius 3 is 2.08 bits per heavy atom. The Labute approximate surface area is 75.6 Å². The number of allylic oxidation sites excluding steroid dienone is 1. The minimum Gasteiger partial charge on any atom is -0.282 e. The van der Waals surface area contributed by atoms with E-state index in [0.717, 1.165) is 0 Å². The fourth-order valence-corrected chi connectivity index (χ4v) is 1.65. The Kier molecular flexibility index (Phi) is 2.71. The summed E-state index contributed by atoms with van der Waals surface area (Å²) in [6, 6.07) is 0.403. The molecule has 0 fully saturated rings. The molecule has 0 aromatic carbocycles. The summed E-state index contributed by atoms with van der Waals surface area (Å²) in [6.07, 6.45) is 2.29. The number of aliphatic imine (C=N–C) groups is 1. The highest BCUT2D eigenvalue weighted by molar-refractivity contribution is 6.03. The van der Waals surface area contributed by atoms with E-state index in [9.17, 15) is 0 Å². The van der Waals surface area contributed by atoms with Gasteiger partial charge in [-0.3, -0.25) is 4.99 Å². The number of nitrogens with zero attached hydrogens (tertiary/aromatic N) is 1. The zero-order valence-corrected chi connectivity index (χ0v) is 8.76. The molecule has 0 bridgehead atoms. The van der Waals surface area contributed by atoms with Crippen LogP contribution in [0.3, 0.4) is 0 Å². The van der Waals surface area contributed by atoms with Gasteiger partial charge in [0.05, 0.1) is 6.04 Å². The van der Waals surface area contributed by atoms with Crippen LogP contribution in [0, 0.1) is 11.8 Å². The molecule has 0 saturated carbocycles. The first-order chi connectivity index (χ1) is 5.52. The molecule has 0 N–H and O–H groups in total. The minimum atomic E-state index is 0.403. The maximum Gasteiger partial charge on any atom is 0.0661 e. The van der Waals surface area contributed by atoms with Crippen molar-refractivity contribution in [2.24, 2.45) is 16.8 Å². The van der Waals surface area contributed by atoms with Crippen LogP contribution in [0.25, 0.3) is 0 Å². The summed E-state index contributed by atoms with van der Waals surface area (Å²) in [4.78, 5) is 4.61. The molecule has 12 heavy (non-hydrogen) atoms. The number of hydrogen-bond donors (Lipinski definition) is 0. The average molecular weight is 165 g/mol. The van der Waals surface area contributed by atoms with Gasteiger partial charge < -0.3 is 0 Å². The molecule has 1 aliphatic heterocycles. The second-order valence-corrected chi connectivity index (χ2v) is 4.19. The van der Waals surface area contributed by atoms with Crippen LogP contribution in [0.4, 0.5) is 0 Å².